The average Bonchev–Trinajstić information content (AvgIpc) is 2.45. The molecule has 4 nitrogen and oxygen atoms in total. The molecule has 0 spiro atoms. The van der Waals surface area contributed by atoms with E-state index in [0.717, 1.165) is 18.5 Å². The van der Waals surface area contributed by atoms with E-state index >= 15 is 0 Å². The maximum atomic E-state index is 9.28. The van der Waals surface area contributed by atoms with E-state index in [1.165, 1.54) is 18.4 Å². The Morgan fingerprint density at radius 3 is 2.79 bits per heavy atom. The monoisotopic (exact) mass is 254 g/mol. The maximum absolute atomic E-state index is 9.28. The molecule has 19 heavy (non-hydrogen) atoms. The van der Waals surface area contributed by atoms with E-state index in [4.69, 9.17) is 5.26 Å². The smallest absolute Gasteiger partial charge is 0.146 e. The van der Waals surface area contributed by atoms with E-state index in [2.05, 4.69) is 17.1 Å². The standard InChI is InChI=1S/C15H18N4/c1-11(8-16)10-19(2)15-13(9-17)7-12-5-3-4-6-14(12)18-15/h7,11H,3-6,10H2,1-2H3. The highest BCUT2D eigenvalue weighted by Gasteiger charge is 2.18. The second kappa shape index (κ2) is 5.71. The van der Waals surface area contributed by atoms with Crippen molar-refractivity contribution in [2.45, 2.75) is 32.6 Å². The van der Waals surface area contributed by atoms with Crippen molar-refractivity contribution in [1.82, 2.24) is 4.98 Å². The lowest BCUT2D eigenvalue weighted by Crippen LogP contribution is -2.26. The van der Waals surface area contributed by atoms with Crippen LogP contribution in [0, 0.1) is 28.6 Å². The van der Waals surface area contributed by atoms with E-state index in [-0.39, 0.29) is 5.92 Å². The molecule has 0 radical (unpaired) electrons. The highest BCUT2D eigenvalue weighted by Crippen LogP contribution is 2.26. The lowest BCUT2D eigenvalue weighted by atomic mass is 9.95. The highest BCUT2D eigenvalue weighted by atomic mass is 15.2. The summed E-state index contributed by atoms with van der Waals surface area (Å²) in [5.74, 6) is 0.639. The first kappa shape index (κ1) is 13.4. The topological polar surface area (TPSA) is 63.7 Å². The van der Waals surface area contributed by atoms with Gasteiger partial charge in [-0.25, -0.2) is 4.98 Å². The van der Waals surface area contributed by atoms with E-state index < -0.39 is 0 Å². The number of anilines is 1. The van der Waals surface area contributed by atoms with Crippen LogP contribution in [-0.4, -0.2) is 18.6 Å². The van der Waals surface area contributed by atoms with Gasteiger partial charge in [-0.2, -0.15) is 10.5 Å². The van der Waals surface area contributed by atoms with Crippen molar-refractivity contribution in [2.24, 2.45) is 5.92 Å². The van der Waals surface area contributed by atoms with Crippen LogP contribution in [0.3, 0.4) is 0 Å². The molecule has 0 aromatic carbocycles. The third-order valence-electron chi connectivity index (χ3n) is 3.53. The van der Waals surface area contributed by atoms with Crippen molar-refractivity contribution < 1.29 is 0 Å². The fourth-order valence-electron chi connectivity index (χ4n) is 2.53. The Morgan fingerprint density at radius 1 is 1.37 bits per heavy atom. The molecule has 1 aromatic heterocycles. The number of nitriles is 2. The van der Waals surface area contributed by atoms with Gasteiger partial charge in [0.2, 0.25) is 0 Å². The van der Waals surface area contributed by atoms with Gasteiger partial charge in [0.15, 0.2) is 0 Å². The number of aromatic nitrogens is 1. The van der Waals surface area contributed by atoms with Crippen LogP contribution in [0.5, 0.6) is 0 Å². The Bertz CT molecular complexity index is 550. The van der Waals surface area contributed by atoms with E-state index in [0.29, 0.717) is 17.9 Å². The third-order valence-corrected chi connectivity index (χ3v) is 3.53. The minimum absolute atomic E-state index is 0.0747. The molecule has 0 N–H and O–H groups in total. The number of aryl methyl sites for hydroxylation is 2. The fraction of sp³-hybridized carbons (Fsp3) is 0.533. The summed E-state index contributed by atoms with van der Waals surface area (Å²) < 4.78 is 0. The quantitative estimate of drug-likeness (QED) is 0.831. The van der Waals surface area contributed by atoms with Crippen LogP contribution in [-0.2, 0) is 12.8 Å². The summed E-state index contributed by atoms with van der Waals surface area (Å²) in [7, 11) is 1.90. The molecular weight excluding hydrogens is 236 g/mol. The van der Waals surface area contributed by atoms with Crippen molar-refractivity contribution in [1.29, 1.82) is 10.5 Å². The number of hydrogen-bond acceptors (Lipinski definition) is 4. The molecule has 1 heterocycles. The van der Waals surface area contributed by atoms with E-state index in [1.807, 2.05) is 24.9 Å². The maximum Gasteiger partial charge on any atom is 0.146 e. The molecule has 0 bridgehead atoms. The molecule has 1 aliphatic rings. The molecule has 0 aliphatic heterocycles. The van der Waals surface area contributed by atoms with Gasteiger partial charge in [0.05, 0.1) is 17.6 Å². The molecule has 1 unspecified atom stereocenters. The lowest BCUT2D eigenvalue weighted by Gasteiger charge is -2.23. The molecule has 1 aliphatic carbocycles. The first-order valence-electron chi connectivity index (χ1n) is 6.69. The molecule has 0 fully saturated rings. The van der Waals surface area contributed by atoms with Crippen molar-refractivity contribution in [3.8, 4) is 12.1 Å². The van der Waals surface area contributed by atoms with Crippen LogP contribution >= 0.6 is 0 Å². The van der Waals surface area contributed by atoms with Gasteiger partial charge in [0, 0.05) is 19.3 Å². The van der Waals surface area contributed by atoms with Crippen LogP contribution in [0.25, 0.3) is 0 Å². The largest absolute Gasteiger partial charge is 0.357 e. The van der Waals surface area contributed by atoms with Crippen LogP contribution in [0.2, 0.25) is 0 Å². The zero-order valence-electron chi connectivity index (χ0n) is 11.5. The Balaban J connectivity index is 2.34. The zero-order valence-corrected chi connectivity index (χ0v) is 11.5. The van der Waals surface area contributed by atoms with Gasteiger partial charge in [-0.1, -0.05) is 0 Å². The molecule has 2 rings (SSSR count). The van der Waals surface area contributed by atoms with Crippen LogP contribution in [0.15, 0.2) is 6.07 Å². The summed E-state index contributed by atoms with van der Waals surface area (Å²) in [4.78, 5) is 6.58. The van der Waals surface area contributed by atoms with Gasteiger partial charge in [0.1, 0.15) is 11.9 Å². The Hall–Kier alpha value is -2.07. The number of nitrogens with zero attached hydrogens (tertiary/aromatic N) is 4. The van der Waals surface area contributed by atoms with Gasteiger partial charge in [-0.3, -0.25) is 0 Å². The fourth-order valence-corrected chi connectivity index (χ4v) is 2.53. The molecule has 0 amide bonds. The van der Waals surface area contributed by atoms with Crippen LogP contribution in [0.1, 0.15) is 36.6 Å². The molecule has 98 valence electrons. The summed E-state index contributed by atoms with van der Waals surface area (Å²) >= 11 is 0. The van der Waals surface area contributed by atoms with Crippen LogP contribution < -0.4 is 4.90 Å². The summed E-state index contributed by atoms with van der Waals surface area (Å²) in [5, 5.41) is 18.2. The lowest BCUT2D eigenvalue weighted by molar-refractivity contribution is 0.660. The van der Waals surface area contributed by atoms with Gasteiger partial charge in [-0.05, 0) is 44.2 Å². The van der Waals surface area contributed by atoms with Gasteiger partial charge < -0.3 is 4.90 Å². The predicted octanol–water partition coefficient (Wildman–Crippen LogP) is 2.43. The van der Waals surface area contributed by atoms with Gasteiger partial charge in [-0.15, -0.1) is 0 Å². The molecule has 0 saturated carbocycles. The first-order chi connectivity index (χ1) is 9.15. The van der Waals surface area contributed by atoms with Crippen molar-refractivity contribution in [3.05, 3.63) is 22.9 Å². The van der Waals surface area contributed by atoms with E-state index in [9.17, 15) is 5.26 Å². The number of rotatable bonds is 3. The van der Waals surface area contributed by atoms with E-state index in [1.54, 1.807) is 0 Å². The first-order valence-corrected chi connectivity index (χ1v) is 6.69. The van der Waals surface area contributed by atoms with Gasteiger partial charge >= 0.3 is 0 Å². The molecule has 4 heteroatoms. The SMILES string of the molecule is CC(C#N)CN(C)c1nc2c(cc1C#N)CCCC2. The minimum Gasteiger partial charge on any atom is -0.357 e. The number of pyridine rings is 1. The summed E-state index contributed by atoms with van der Waals surface area (Å²) in [5.41, 5.74) is 2.96. The summed E-state index contributed by atoms with van der Waals surface area (Å²) in [6, 6.07) is 6.42. The number of hydrogen-bond donors (Lipinski definition) is 0. The van der Waals surface area contributed by atoms with Crippen molar-refractivity contribution >= 4 is 5.82 Å². The molecule has 0 saturated heterocycles. The third kappa shape index (κ3) is 2.85. The van der Waals surface area contributed by atoms with Crippen molar-refractivity contribution in [3.63, 3.8) is 0 Å². The normalized spacial score (nSPS) is 14.9. The Kier molecular flexibility index (Phi) is 4.02. The summed E-state index contributed by atoms with van der Waals surface area (Å²) in [6.45, 7) is 2.47. The highest BCUT2D eigenvalue weighted by molar-refractivity contribution is 5.56. The van der Waals surface area contributed by atoms with Crippen LogP contribution in [0.4, 0.5) is 5.82 Å². The summed E-state index contributed by atoms with van der Waals surface area (Å²) in [6.07, 6.45) is 4.37. The Labute approximate surface area is 114 Å². The second-order valence-electron chi connectivity index (χ2n) is 5.19. The molecule has 1 aromatic rings. The van der Waals surface area contributed by atoms with Gasteiger partial charge in [0.25, 0.3) is 0 Å². The minimum atomic E-state index is -0.0747. The average molecular weight is 254 g/mol. The Morgan fingerprint density at radius 2 is 2.11 bits per heavy atom. The van der Waals surface area contributed by atoms with Crippen molar-refractivity contribution in [2.75, 3.05) is 18.5 Å². The molecular formula is C15H18N4. The zero-order chi connectivity index (χ0) is 13.8. The number of fused-ring (bicyclic) bond motifs is 1. The predicted molar refractivity (Wildman–Crippen MR) is 73.6 cm³/mol. The molecule has 1 atom stereocenters. The second-order valence-corrected chi connectivity index (χ2v) is 5.19.